The summed E-state index contributed by atoms with van der Waals surface area (Å²) in [5.41, 5.74) is 5.38. The number of carbonyl (C=O) groups is 2. The first-order valence-electron chi connectivity index (χ1n) is 5.17. The van der Waals surface area contributed by atoms with E-state index < -0.39 is 23.7 Å². The minimum absolute atomic E-state index is 0.0443. The number of hydrogen-bond acceptors (Lipinski definition) is 4. The van der Waals surface area contributed by atoms with E-state index in [0.29, 0.717) is 11.6 Å². The van der Waals surface area contributed by atoms with E-state index in [-0.39, 0.29) is 11.3 Å². The van der Waals surface area contributed by atoms with E-state index >= 15 is 0 Å². The predicted molar refractivity (Wildman–Crippen MR) is 65.7 cm³/mol. The molecule has 0 radical (unpaired) electrons. The minimum Gasteiger partial charge on any atom is -0.480 e. The Hall–Kier alpha value is -1.76. The highest BCUT2D eigenvalue weighted by molar-refractivity contribution is 7.99. The standard InChI is InChI=1S/C11H11FN2O3S/c12-7-3-6(1-2-8(7)13)10(15)14-5-18-4-9(14)11(16)17/h1-3,9H,4-5,13H2,(H,16,17)/t9-/m0/s1. The summed E-state index contributed by atoms with van der Waals surface area (Å²) in [7, 11) is 0. The smallest absolute Gasteiger partial charge is 0.327 e. The zero-order valence-corrected chi connectivity index (χ0v) is 10.1. The maximum atomic E-state index is 13.3. The van der Waals surface area contributed by atoms with Crippen LogP contribution in [0.1, 0.15) is 10.4 Å². The van der Waals surface area contributed by atoms with E-state index in [2.05, 4.69) is 0 Å². The van der Waals surface area contributed by atoms with Gasteiger partial charge in [0.25, 0.3) is 5.91 Å². The van der Waals surface area contributed by atoms with Crippen molar-refractivity contribution in [1.82, 2.24) is 4.90 Å². The zero-order chi connectivity index (χ0) is 13.3. The van der Waals surface area contributed by atoms with Crippen LogP contribution in [-0.4, -0.2) is 39.6 Å². The minimum atomic E-state index is -1.05. The number of benzene rings is 1. The monoisotopic (exact) mass is 270 g/mol. The summed E-state index contributed by atoms with van der Waals surface area (Å²) in [6.45, 7) is 0. The predicted octanol–water partition coefficient (Wildman–Crippen LogP) is 1.01. The van der Waals surface area contributed by atoms with E-state index in [4.69, 9.17) is 10.8 Å². The van der Waals surface area contributed by atoms with Crippen molar-refractivity contribution in [3.63, 3.8) is 0 Å². The number of thioether (sulfide) groups is 1. The Morgan fingerprint density at radius 3 is 2.83 bits per heavy atom. The first kappa shape index (κ1) is 12.7. The number of nitrogens with two attached hydrogens (primary N) is 1. The number of carbonyl (C=O) groups excluding carboxylic acids is 1. The van der Waals surface area contributed by atoms with Gasteiger partial charge in [-0.2, -0.15) is 0 Å². The molecule has 1 atom stereocenters. The Labute approximate surface area is 107 Å². The fourth-order valence-electron chi connectivity index (χ4n) is 1.67. The van der Waals surface area contributed by atoms with Gasteiger partial charge in [0, 0.05) is 11.3 Å². The zero-order valence-electron chi connectivity index (χ0n) is 9.30. The van der Waals surface area contributed by atoms with Crippen molar-refractivity contribution in [2.75, 3.05) is 17.4 Å². The lowest BCUT2D eigenvalue weighted by atomic mass is 10.1. The van der Waals surface area contributed by atoms with Crippen LogP contribution in [0.15, 0.2) is 18.2 Å². The molecule has 0 unspecified atom stereocenters. The molecule has 18 heavy (non-hydrogen) atoms. The molecule has 1 fully saturated rings. The highest BCUT2D eigenvalue weighted by atomic mass is 32.2. The van der Waals surface area contributed by atoms with Gasteiger partial charge in [0.1, 0.15) is 11.9 Å². The molecule has 5 nitrogen and oxygen atoms in total. The van der Waals surface area contributed by atoms with E-state index in [1.807, 2.05) is 0 Å². The maximum absolute atomic E-state index is 13.3. The molecule has 1 saturated heterocycles. The van der Waals surface area contributed by atoms with Crippen molar-refractivity contribution >= 4 is 29.3 Å². The normalized spacial score (nSPS) is 18.9. The Morgan fingerprint density at radius 1 is 1.50 bits per heavy atom. The average Bonchev–Trinajstić information content (AvgIpc) is 2.81. The second kappa shape index (κ2) is 4.85. The highest BCUT2D eigenvalue weighted by Crippen LogP contribution is 2.24. The van der Waals surface area contributed by atoms with Crippen molar-refractivity contribution in [2.24, 2.45) is 0 Å². The molecule has 0 spiro atoms. The Balaban J connectivity index is 2.25. The molecule has 1 aromatic carbocycles. The molecule has 2 rings (SSSR count). The van der Waals surface area contributed by atoms with Gasteiger partial charge in [0.15, 0.2) is 0 Å². The number of halogens is 1. The van der Waals surface area contributed by atoms with Gasteiger partial charge >= 0.3 is 5.97 Å². The highest BCUT2D eigenvalue weighted by Gasteiger charge is 2.35. The van der Waals surface area contributed by atoms with Crippen LogP contribution < -0.4 is 5.73 Å². The maximum Gasteiger partial charge on any atom is 0.327 e. The Morgan fingerprint density at radius 2 is 2.22 bits per heavy atom. The molecule has 1 aliphatic heterocycles. The number of hydrogen-bond donors (Lipinski definition) is 2. The van der Waals surface area contributed by atoms with Gasteiger partial charge in [-0.1, -0.05) is 0 Å². The molecule has 3 N–H and O–H groups in total. The second-order valence-electron chi connectivity index (χ2n) is 3.87. The summed E-state index contributed by atoms with van der Waals surface area (Å²) in [4.78, 5) is 24.3. The SMILES string of the molecule is Nc1ccc(C(=O)N2CSC[C@H]2C(=O)O)cc1F. The van der Waals surface area contributed by atoms with Crippen LogP contribution in [0, 0.1) is 5.82 Å². The van der Waals surface area contributed by atoms with Gasteiger partial charge in [-0.25, -0.2) is 9.18 Å². The van der Waals surface area contributed by atoms with Crippen molar-refractivity contribution in [3.8, 4) is 0 Å². The number of aliphatic carboxylic acids is 1. The third kappa shape index (κ3) is 2.26. The molecule has 96 valence electrons. The van der Waals surface area contributed by atoms with Gasteiger partial charge in [0.2, 0.25) is 0 Å². The van der Waals surface area contributed by atoms with Crippen molar-refractivity contribution in [2.45, 2.75) is 6.04 Å². The number of anilines is 1. The fourth-order valence-corrected chi connectivity index (χ4v) is 2.82. The molecule has 0 aliphatic carbocycles. The van der Waals surface area contributed by atoms with Gasteiger partial charge in [-0.15, -0.1) is 11.8 Å². The van der Waals surface area contributed by atoms with Crippen molar-refractivity contribution < 1.29 is 19.1 Å². The first-order chi connectivity index (χ1) is 8.50. The lowest BCUT2D eigenvalue weighted by Gasteiger charge is -2.20. The number of rotatable bonds is 2. The molecule has 1 aliphatic rings. The second-order valence-corrected chi connectivity index (χ2v) is 4.86. The van der Waals surface area contributed by atoms with Gasteiger partial charge < -0.3 is 15.7 Å². The largest absolute Gasteiger partial charge is 0.480 e. The third-order valence-electron chi connectivity index (χ3n) is 2.68. The van der Waals surface area contributed by atoms with E-state index in [1.54, 1.807) is 0 Å². The first-order valence-corrected chi connectivity index (χ1v) is 6.32. The molecular formula is C11H11FN2O3S. The number of carboxylic acid groups (broad SMARTS) is 1. The molecule has 0 bridgehead atoms. The molecule has 0 aromatic heterocycles. The lowest BCUT2D eigenvalue weighted by molar-refractivity contribution is -0.140. The molecular weight excluding hydrogens is 259 g/mol. The fraction of sp³-hybridized carbons (Fsp3) is 0.273. The number of nitrogens with zero attached hydrogens (tertiary/aromatic N) is 1. The van der Waals surface area contributed by atoms with Gasteiger partial charge in [0.05, 0.1) is 11.6 Å². The van der Waals surface area contributed by atoms with Crippen LogP contribution in [0.4, 0.5) is 10.1 Å². The van der Waals surface area contributed by atoms with Crippen LogP contribution >= 0.6 is 11.8 Å². The lowest BCUT2D eigenvalue weighted by Crippen LogP contribution is -2.41. The average molecular weight is 270 g/mol. The quantitative estimate of drug-likeness (QED) is 0.783. The summed E-state index contributed by atoms with van der Waals surface area (Å²) in [6.07, 6.45) is 0. The Kier molecular flexibility index (Phi) is 3.42. The van der Waals surface area contributed by atoms with Crippen LogP contribution in [0.3, 0.4) is 0 Å². The Bertz CT molecular complexity index is 509. The molecule has 1 amide bonds. The van der Waals surface area contributed by atoms with Crippen molar-refractivity contribution in [3.05, 3.63) is 29.6 Å². The van der Waals surface area contributed by atoms with Crippen LogP contribution in [0.2, 0.25) is 0 Å². The van der Waals surface area contributed by atoms with Crippen LogP contribution in [0.5, 0.6) is 0 Å². The van der Waals surface area contributed by atoms with Crippen LogP contribution in [0.25, 0.3) is 0 Å². The summed E-state index contributed by atoms with van der Waals surface area (Å²) >= 11 is 1.35. The van der Waals surface area contributed by atoms with Gasteiger partial charge in [-0.05, 0) is 18.2 Å². The molecule has 1 heterocycles. The van der Waals surface area contributed by atoms with Crippen LogP contribution in [-0.2, 0) is 4.79 Å². The van der Waals surface area contributed by atoms with E-state index in [9.17, 15) is 14.0 Å². The third-order valence-corrected chi connectivity index (χ3v) is 3.69. The number of nitrogen functional groups attached to an aromatic ring is 1. The molecule has 1 aromatic rings. The summed E-state index contributed by atoms with van der Waals surface area (Å²) in [5, 5.41) is 8.98. The van der Waals surface area contributed by atoms with Crippen molar-refractivity contribution in [1.29, 1.82) is 0 Å². The summed E-state index contributed by atoms with van der Waals surface area (Å²) < 4.78 is 13.3. The molecule has 0 saturated carbocycles. The summed E-state index contributed by atoms with van der Waals surface area (Å²) in [5.74, 6) is -1.59. The summed E-state index contributed by atoms with van der Waals surface area (Å²) in [6, 6.07) is 2.85. The van der Waals surface area contributed by atoms with E-state index in [0.717, 1.165) is 6.07 Å². The van der Waals surface area contributed by atoms with E-state index in [1.165, 1.54) is 28.8 Å². The number of carboxylic acids is 1. The van der Waals surface area contributed by atoms with Gasteiger partial charge in [-0.3, -0.25) is 4.79 Å². The molecule has 7 heteroatoms. The number of amides is 1. The topological polar surface area (TPSA) is 83.6 Å².